The van der Waals surface area contributed by atoms with E-state index in [4.69, 9.17) is 4.74 Å². The number of hydrogen-bond donors (Lipinski definition) is 1. The first-order valence-electron chi connectivity index (χ1n) is 10.0. The van der Waals surface area contributed by atoms with Crippen LogP contribution in [0.15, 0.2) is 47.4 Å². The maximum atomic E-state index is 13.3. The van der Waals surface area contributed by atoms with E-state index in [1.165, 1.54) is 0 Å². The van der Waals surface area contributed by atoms with Crippen molar-refractivity contribution in [1.82, 2.24) is 19.6 Å². The minimum Gasteiger partial charge on any atom is -0.462 e. The van der Waals surface area contributed by atoms with Gasteiger partial charge in [-0.2, -0.15) is 13.2 Å². The number of nitrogens with zero attached hydrogens (tertiary/aromatic N) is 3. The Morgan fingerprint density at radius 1 is 1.09 bits per heavy atom. The third-order valence-electron chi connectivity index (χ3n) is 5.11. The van der Waals surface area contributed by atoms with E-state index in [9.17, 15) is 22.8 Å². The van der Waals surface area contributed by atoms with E-state index in [1.54, 1.807) is 13.8 Å². The van der Waals surface area contributed by atoms with Crippen molar-refractivity contribution < 1.29 is 22.7 Å². The van der Waals surface area contributed by atoms with Gasteiger partial charge in [0.15, 0.2) is 11.2 Å². The SMILES string of the molecule is CCOC(=O)c1c(-c2ccc(C(F)(F)F)nc2)nc2c(-c3ccc(C)cc3)c(C)[nH]n2c1=O. The van der Waals surface area contributed by atoms with Crippen LogP contribution >= 0.6 is 0 Å². The van der Waals surface area contributed by atoms with E-state index in [2.05, 4.69) is 15.1 Å². The monoisotopic (exact) mass is 456 g/mol. The zero-order valence-electron chi connectivity index (χ0n) is 17.9. The summed E-state index contributed by atoms with van der Waals surface area (Å²) in [5.41, 5.74) is 1.06. The summed E-state index contributed by atoms with van der Waals surface area (Å²) in [6, 6.07) is 9.46. The van der Waals surface area contributed by atoms with Gasteiger partial charge < -0.3 is 4.74 Å². The first-order valence-corrected chi connectivity index (χ1v) is 10.0. The summed E-state index contributed by atoms with van der Waals surface area (Å²) in [6.45, 7) is 5.28. The van der Waals surface area contributed by atoms with Crippen LogP contribution in [0, 0.1) is 13.8 Å². The molecule has 0 saturated heterocycles. The van der Waals surface area contributed by atoms with Crippen LogP contribution in [-0.2, 0) is 10.9 Å². The molecule has 0 aliphatic carbocycles. The summed E-state index contributed by atoms with van der Waals surface area (Å²) in [5, 5.41) is 2.92. The molecule has 0 aliphatic heterocycles. The first kappa shape index (κ1) is 22.3. The molecule has 0 fully saturated rings. The van der Waals surface area contributed by atoms with Crippen LogP contribution in [0.1, 0.15) is 34.2 Å². The van der Waals surface area contributed by atoms with Crippen molar-refractivity contribution in [1.29, 1.82) is 0 Å². The number of esters is 1. The van der Waals surface area contributed by atoms with Gasteiger partial charge in [0.1, 0.15) is 5.69 Å². The number of nitrogens with one attached hydrogen (secondary N) is 1. The number of ether oxygens (including phenoxy) is 1. The Morgan fingerprint density at radius 2 is 1.76 bits per heavy atom. The highest BCUT2D eigenvalue weighted by Gasteiger charge is 2.33. The van der Waals surface area contributed by atoms with Gasteiger partial charge in [0, 0.05) is 23.0 Å². The van der Waals surface area contributed by atoms with E-state index in [1.807, 2.05) is 31.2 Å². The molecule has 4 aromatic rings. The summed E-state index contributed by atoms with van der Waals surface area (Å²) in [5.74, 6) is -0.927. The number of alkyl halides is 3. The zero-order chi connectivity index (χ0) is 23.9. The van der Waals surface area contributed by atoms with Crippen LogP contribution in [-0.4, -0.2) is 32.2 Å². The Balaban J connectivity index is 2.02. The molecule has 10 heteroatoms. The first-order chi connectivity index (χ1) is 15.6. The van der Waals surface area contributed by atoms with Crippen molar-refractivity contribution in [2.45, 2.75) is 26.9 Å². The third-order valence-corrected chi connectivity index (χ3v) is 5.11. The van der Waals surface area contributed by atoms with Gasteiger partial charge in [-0.15, -0.1) is 0 Å². The second kappa shape index (κ2) is 8.19. The molecule has 3 heterocycles. The predicted octanol–water partition coefficient (Wildman–Crippen LogP) is 4.56. The fourth-order valence-corrected chi connectivity index (χ4v) is 3.55. The number of aryl methyl sites for hydroxylation is 2. The summed E-state index contributed by atoms with van der Waals surface area (Å²) in [4.78, 5) is 33.9. The molecule has 7 nitrogen and oxygen atoms in total. The number of halogens is 3. The molecule has 0 bridgehead atoms. The van der Waals surface area contributed by atoms with Crippen LogP contribution in [0.4, 0.5) is 13.2 Å². The number of pyridine rings is 1. The molecule has 170 valence electrons. The van der Waals surface area contributed by atoms with E-state index in [0.29, 0.717) is 11.3 Å². The highest BCUT2D eigenvalue weighted by atomic mass is 19.4. The number of fused-ring (bicyclic) bond motifs is 1. The largest absolute Gasteiger partial charge is 0.462 e. The smallest absolute Gasteiger partial charge is 0.433 e. The van der Waals surface area contributed by atoms with Crippen molar-refractivity contribution in [2.24, 2.45) is 0 Å². The number of carbonyl (C=O) groups is 1. The van der Waals surface area contributed by atoms with Gasteiger partial charge in [-0.3, -0.25) is 14.9 Å². The Hall–Kier alpha value is -3.95. The second-order valence-electron chi connectivity index (χ2n) is 7.43. The Kier molecular flexibility index (Phi) is 5.52. The maximum absolute atomic E-state index is 13.3. The highest BCUT2D eigenvalue weighted by molar-refractivity contribution is 5.97. The van der Waals surface area contributed by atoms with Crippen molar-refractivity contribution in [3.05, 3.63) is 75.5 Å². The van der Waals surface area contributed by atoms with Crippen molar-refractivity contribution in [3.63, 3.8) is 0 Å². The lowest BCUT2D eigenvalue weighted by Crippen LogP contribution is -2.26. The molecule has 0 spiro atoms. The van der Waals surface area contributed by atoms with Gasteiger partial charge in [-0.05, 0) is 38.5 Å². The molecule has 0 radical (unpaired) electrons. The summed E-state index contributed by atoms with van der Waals surface area (Å²) >= 11 is 0. The molecule has 3 aromatic heterocycles. The van der Waals surface area contributed by atoms with Crippen LogP contribution in [0.25, 0.3) is 28.0 Å². The van der Waals surface area contributed by atoms with Gasteiger partial charge in [0.2, 0.25) is 0 Å². The lowest BCUT2D eigenvalue weighted by Gasteiger charge is -2.10. The molecule has 0 saturated carbocycles. The summed E-state index contributed by atoms with van der Waals surface area (Å²) < 4.78 is 45.1. The molecular weight excluding hydrogens is 437 g/mol. The van der Waals surface area contributed by atoms with Crippen LogP contribution in [0.3, 0.4) is 0 Å². The number of aromatic nitrogens is 4. The van der Waals surface area contributed by atoms with E-state index < -0.39 is 29.0 Å². The molecule has 33 heavy (non-hydrogen) atoms. The van der Waals surface area contributed by atoms with Gasteiger partial charge >= 0.3 is 12.1 Å². The Bertz CT molecular complexity index is 1400. The quantitative estimate of drug-likeness (QED) is 0.455. The van der Waals surface area contributed by atoms with E-state index >= 15 is 0 Å². The Morgan fingerprint density at radius 3 is 2.33 bits per heavy atom. The van der Waals surface area contributed by atoms with Crippen LogP contribution < -0.4 is 5.56 Å². The molecule has 0 atom stereocenters. The fourth-order valence-electron chi connectivity index (χ4n) is 3.55. The molecule has 0 amide bonds. The average Bonchev–Trinajstić information content (AvgIpc) is 3.10. The molecule has 0 unspecified atom stereocenters. The number of hydrogen-bond acceptors (Lipinski definition) is 5. The molecule has 0 aliphatic rings. The van der Waals surface area contributed by atoms with E-state index in [-0.39, 0.29) is 23.5 Å². The second-order valence-corrected chi connectivity index (χ2v) is 7.43. The minimum atomic E-state index is -4.63. The van der Waals surface area contributed by atoms with Crippen molar-refractivity contribution in [3.8, 4) is 22.4 Å². The third kappa shape index (κ3) is 3.99. The van der Waals surface area contributed by atoms with Gasteiger partial charge in [-0.25, -0.2) is 14.3 Å². The predicted molar refractivity (Wildman–Crippen MR) is 115 cm³/mol. The number of rotatable bonds is 4. The number of carbonyl (C=O) groups excluding carboxylic acids is 1. The van der Waals surface area contributed by atoms with Crippen molar-refractivity contribution >= 4 is 11.6 Å². The average molecular weight is 456 g/mol. The Labute approximate surface area is 185 Å². The molecule has 1 aromatic carbocycles. The van der Waals surface area contributed by atoms with Crippen LogP contribution in [0.5, 0.6) is 0 Å². The zero-order valence-corrected chi connectivity index (χ0v) is 17.9. The minimum absolute atomic E-state index is 0.00402. The molecule has 4 rings (SSSR count). The fraction of sp³-hybridized carbons (Fsp3) is 0.217. The van der Waals surface area contributed by atoms with Gasteiger partial charge in [0.25, 0.3) is 5.56 Å². The normalized spacial score (nSPS) is 11.7. The maximum Gasteiger partial charge on any atom is 0.433 e. The van der Waals surface area contributed by atoms with Crippen LogP contribution in [0.2, 0.25) is 0 Å². The lowest BCUT2D eigenvalue weighted by molar-refractivity contribution is -0.141. The summed E-state index contributed by atoms with van der Waals surface area (Å²) in [6.07, 6.45) is -3.69. The topological polar surface area (TPSA) is 89.3 Å². The van der Waals surface area contributed by atoms with Crippen molar-refractivity contribution in [2.75, 3.05) is 6.61 Å². The molecular formula is C23H19F3N4O3. The molecule has 1 N–H and O–H groups in total. The number of aromatic amines is 1. The summed E-state index contributed by atoms with van der Waals surface area (Å²) in [7, 11) is 0. The lowest BCUT2D eigenvalue weighted by atomic mass is 10.0. The highest BCUT2D eigenvalue weighted by Crippen LogP contribution is 2.31. The van der Waals surface area contributed by atoms with Gasteiger partial charge in [0.05, 0.1) is 12.3 Å². The van der Waals surface area contributed by atoms with Gasteiger partial charge in [-0.1, -0.05) is 29.8 Å². The number of H-pyrrole nitrogens is 1. The number of benzene rings is 1. The van der Waals surface area contributed by atoms with E-state index in [0.717, 1.165) is 34.0 Å². The standard InChI is InChI=1S/C23H19F3N4O3/c1-4-33-22(32)18-19(15-9-10-16(27-11-15)23(24,25)26)28-20-17(13(3)29-30(20)21(18)31)14-7-5-12(2)6-8-14/h5-11,29H,4H2,1-3H3.